The highest BCUT2D eigenvalue weighted by atomic mass is 15.3. The van der Waals surface area contributed by atoms with Crippen molar-refractivity contribution in [1.82, 2.24) is 19.9 Å². The summed E-state index contributed by atoms with van der Waals surface area (Å²) in [5, 5.41) is 7.85. The summed E-state index contributed by atoms with van der Waals surface area (Å²) < 4.78 is 1.82. The van der Waals surface area contributed by atoms with Crippen LogP contribution in [0.1, 0.15) is 40.0 Å². The average Bonchev–Trinajstić information content (AvgIpc) is 2.92. The molecule has 1 aliphatic heterocycles. The number of aromatic nitrogens is 3. The molecule has 114 valence electrons. The van der Waals surface area contributed by atoms with Crippen molar-refractivity contribution in [3.05, 3.63) is 24.5 Å². The normalized spacial score (nSPS) is 20.1. The van der Waals surface area contributed by atoms with E-state index >= 15 is 0 Å². The molecule has 1 saturated heterocycles. The lowest BCUT2D eigenvalue weighted by Crippen LogP contribution is -2.50. The van der Waals surface area contributed by atoms with Crippen LogP contribution < -0.4 is 10.2 Å². The Hall–Kier alpha value is -1.62. The summed E-state index contributed by atoms with van der Waals surface area (Å²) >= 11 is 0. The van der Waals surface area contributed by atoms with Crippen LogP contribution in [-0.2, 0) is 0 Å². The van der Waals surface area contributed by atoms with E-state index in [0.29, 0.717) is 6.04 Å². The number of hydrogen-bond donors (Lipinski definition) is 1. The van der Waals surface area contributed by atoms with E-state index in [-0.39, 0.29) is 5.54 Å². The van der Waals surface area contributed by atoms with Crippen LogP contribution in [0.2, 0.25) is 0 Å². The van der Waals surface area contributed by atoms with Crippen LogP contribution in [0.25, 0.3) is 5.65 Å². The van der Waals surface area contributed by atoms with Crippen molar-refractivity contribution in [3.8, 4) is 0 Å². The highest BCUT2D eigenvalue weighted by Crippen LogP contribution is 2.23. The van der Waals surface area contributed by atoms with Crippen molar-refractivity contribution >= 4 is 11.5 Å². The van der Waals surface area contributed by atoms with E-state index in [0.717, 1.165) is 24.6 Å². The lowest BCUT2D eigenvalue weighted by atomic mass is 10.0. The van der Waals surface area contributed by atoms with Crippen LogP contribution >= 0.6 is 0 Å². The third-order valence-electron chi connectivity index (χ3n) is 4.03. The first kappa shape index (κ1) is 14.3. The third-order valence-corrected chi connectivity index (χ3v) is 4.03. The molecule has 0 spiro atoms. The molecule has 3 rings (SSSR count). The molecule has 1 atom stereocenters. The predicted molar refractivity (Wildman–Crippen MR) is 85.7 cm³/mol. The second-order valence-electron chi connectivity index (χ2n) is 6.89. The van der Waals surface area contributed by atoms with Gasteiger partial charge >= 0.3 is 0 Å². The van der Waals surface area contributed by atoms with Crippen LogP contribution in [0.4, 0.5) is 5.82 Å². The number of nitrogens with one attached hydrogen (secondary N) is 1. The minimum absolute atomic E-state index is 0.159. The van der Waals surface area contributed by atoms with Gasteiger partial charge in [-0.1, -0.05) is 0 Å². The van der Waals surface area contributed by atoms with Gasteiger partial charge in [-0.25, -0.2) is 9.50 Å². The molecule has 1 fully saturated rings. The summed E-state index contributed by atoms with van der Waals surface area (Å²) in [6, 6.07) is 4.56. The number of fused-ring (bicyclic) bond motifs is 1. The molecule has 0 bridgehead atoms. The first-order valence-electron chi connectivity index (χ1n) is 7.85. The molecular formula is C16H25N5. The van der Waals surface area contributed by atoms with Crippen LogP contribution in [0.5, 0.6) is 0 Å². The van der Waals surface area contributed by atoms with Crippen molar-refractivity contribution in [2.75, 3.05) is 18.0 Å². The largest absolute Gasteiger partial charge is 0.352 e. The number of piperidine rings is 1. The lowest BCUT2D eigenvalue weighted by molar-refractivity contribution is 0.365. The van der Waals surface area contributed by atoms with E-state index in [1.807, 2.05) is 16.8 Å². The zero-order valence-electron chi connectivity index (χ0n) is 13.2. The molecule has 1 aliphatic rings. The second-order valence-corrected chi connectivity index (χ2v) is 6.89. The molecular weight excluding hydrogens is 262 g/mol. The monoisotopic (exact) mass is 287 g/mol. The topological polar surface area (TPSA) is 45.5 Å². The molecule has 21 heavy (non-hydrogen) atoms. The minimum atomic E-state index is 0.159. The number of rotatable bonds is 3. The summed E-state index contributed by atoms with van der Waals surface area (Å²) in [4.78, 5) is 7.21. The first-order valence-corrected chi connectivity index (χ1v) is 7.85. The van der Waals surface area contributed by atoms with Gasteiger partial charge in [0.15, 0.2) is 5.65 Å². The quantitative estimate of drug-likeness (QED) is 0.942. The van der Waals surface area contributed by atoms with E-state index in [4.69, 9.17) is 4.98 Å². The highest BCUT2D eigenvalue weighted by molar-refractivity contribution is 5.48. The van der Waals surface area contributed by atoms with Crippen molar-refractivity contribution in [2.45, 2.75) is 51.6 Å². The zero-order chi connectivity index (χ0) is 14.9. The number of anilines is 1. The smallest absolute Gasteiger partial charge is 0.157 e. The van der Waals surface area contributed by atoms with Crippen LogP contribution in [0.3, 0.4) is 0 Å². The Bertz CT molecular complexity index is 598. The van der Waals surface area contributed by atoms with Gasteiger partial charge in [-0.3, -0.25) is 0 Å². The third kappa shape index (κ3) is 3.35. The summed E-state index contributed by atoms with van der Waals surface area (Å²) in [7, 11) is 0. The first-order chi connectivity index (χ1) is 10.0. The molecule has 5 heteroatoms. The fourth-order valence-electron chi connectivity index (χ4n) is 2.90. The number of hydrogen-bond acceptors (Lipinski definition) is 4. The Labute approximate surface area is 126 Å². The van der Waals surface area contributed by atoms with Gasteiger partial charge < -0.3 is 10.2 Å². The van der Waals surface area contributed by atoms with E-state index in [1.54, 1.807) is 6.20 Å². The maximum Gasteiger partial charge on any atom is 0.157 e. The Morgan fingerprint density at radius 1 is 1.29 bits per heavy atom. The summed E-state index contributed by atoms with van der Waals surface area (Å²) in [5.74, 6) is 1.07. The summed E-state index contributed by atoms with van der Waals surface area (Å²) in [5.41, 5.74) is 1.08. The van der Waals surface area contributed by atoms with Gasteiger partial charge in [0.25, 0.3) is 0 Å². The van der Waals surface area contributed by atoms with Crippen LogP contribution in [-0.4, -0.2) is 39.3 Å². The average molecular weight is 287 g/mol. The van der Waals surface area contributed by atoms with E-state index < -0.39 is 0 Å². The molecule has 2 aromatic rings. The molecule has 1 unspecified atom stereocenters. The van der Waals surface area contributed by atoms with Crippen molar-refractivity contribution in [1.29, 1.82) is 0 Å². The SMILES string of the molecule is CC(C)(C)NCC1CCCCN1c1ccn2nccc2n1. The van der Waals surface area contributed by atoms with Crippen LogP contribution in [0.15, 0.2) is 24.5 Å². The van der Waals surface area contributed by atoms with Gasteiger partial charge in [-0.05, 0) is 46.1 Å². The van der Waals surface area contributed by atoms with Gasteiger partial charge in [0, 0.05) is 36.9 Å². The summed E-state index contributed by atoms with van der Waals surface area (Å²) in [6.45, 7) is 8.76. The van der Waals surface area contributed by atoms with E-state index in [1.165, 1.54) is 19.3 Å². The van der Waals surface area contributed by atoms with Crippen molar-refractivity contribution in [3.63, 3.8) is 0 Å². The van der Waals surface area contributed by atoms with Gasteiger partial charge in [-0.15, -0.1) is 0 Å². The summed E-state index contributed by atoms with van der Waals surface area (Å²) in [6.07, 6.45) is 7.58. The van der Waals surface area contributed by atoms with E-state index in [2.05, 4.69) is 42.2 Å². The standard InChI is InChI=1S/C16H25N5/c1-16(2,3)17-12-13-6-4-5-10-20(13)14-8-11-21-15(19-14)7-9-18-21/h7-9,11,13,17H,4-6,10,12H2,1-3H3. The Morgan fingerprint density at radius 2 is 2.14 bits per heavy atom. The number of nitrogens with zero attached hydrogens (tertiary/aromatic N) is 4. The Balaban J connectivity index is 1.79. The molecule has 0 aromatic carbocycles. The van der Waals surface area contributed by atoms with E-state index in [9.17, 15) is 0 Å². The second kappa shape index (κ2) is 5.64. The zero-order valence-corrected chi connectivity index (χ0v) is 13.2. The molecule has 0 radical (unpaired) electrons. The Morgan fingerprint density at radius 3 is 2.95 bits per heavy atom. The fourth-order valence-corrected chi connectivity index (χ4v) is 2.90. The molecule has 5 nitrogen and oxygen atoms in total. The molecule has 2 aromatic heterocycles. The molecule has 1 N–H and O–H groups in total. The van der Waals surface area contributed by atoms with Crippen molar-refractivity contribution < 1.29 is 0 Å². The van der Waals surface area contributed by atoms with Gasteiger partial charge in [0.1, 0.15) is 5.82 Å². The van der Waals surface area contributed by atoms with Crippen molar-refractivity contribution in [2.24, 2.45) is 0 Å². The van der Waals surface area contributed by atoms with Gasteiger partial charge in [-0.2, -0.15) is 5.10 Å². The van der Waals surface area contributed by atoms with Crippen LogP contribution in [0, 0.1) is 0 Å². The van der Waals surface area contributed by atoms with Gasteiger partial charge in [0.05, 0.1) is 6.20 Å². The highest BCUT2D eigenvalue weighted by Gasteiger charge is 2.25. The van der Waals surface area contributed by atoms with Gasteiger partial charge in [0.2, 0.25) is 0 Å². The lowest BCUT2D eigenvalue weighted by Gasteiger charge is -2.38. The molecule has 3 heterocycles. The molecule has 0 aliphatic carbocycles. The minimum Gasteiger partial charge on any atom is -0.352 e. The maximum atomic E-state index is 4.75. The fraction of sp³-hybridized carbons (Fsp3) is 0.625. The predicted octanol–water partition coefficient (Wildman–Crippen LogP) is 2.48. The molecule has 0 saturated carbocycles. The Kier molecular flexibility index (Phi) is 3.85. The maximum absolute atomic E-state index is 4.75. The molecule has 0 amide bonds.